The first kappa shape index (κ1) is 26.4. The first-order chi connectivity index (χ1) is 17.1. The molecule has 3 aromatic rings. The van der Waals surface area contributed by atoms with Crippen LogP contribution in [0.3, 0.4) is 0 Å². The molecule has 0 bridgehead atoms. The number of hydrogen-bond acceptors (Lipinski definition) is 7. The van der Waals surface area contributed by atoms with E-state index in [1.54, 1.807) is 56.4 Å². The standard InChI is InChI=1S/C25H25N3O7S/c1-17(19-4-6-20(7-5-19)21-8-10-22(11-9-21)28(31)32)36(33,34)14-13-18-3-12-23(27-25(29)30)24(15-18)35-16-26-2/h3-15,17,26-27H,16H2,1-2H3,(H,29,30)/b14-13+. The van der Waals surface area contributed by atoms with Gasteiger partial charge in [-0.25, -0.2) is 13.2 Å². The number of carbonyl (C=O) groups is 1. The molecule has 0 heterocycles. The Bertz CT molecular complexity index is 1370. The number of amides is 1. The van der Waals surface area contributed by atoms with Gasteiger partial charge in [0, 0.05) is 17.5 Å². The molecule has 1 atom stereocenters. The third-order valence-electron chi connectivity index (χ3n) is 5.35. The van der Waals surface area contributed by atoms with Crippen molar-refractivity contribution >= 4 is 33.4 Å². The fraction of sp³-hybridized carbons (Fsp3) is 0.160. The lowest BCUT2D eigenvalue weighted by Crippen LogP contribution is -2.16. The summed E-state index contributed by atoms with van der Waals surface area (Å²) in [4.78, 5) is 21.3. The molecule has 0 radical (unpaired) electrons. The van der Waals surface area contributed by atoms with Crippen LogP contribution in [0.15, 0.2) is 72.1 Å². The molecule has 11 heteroatoms. The molecule has 0 aliphatic carbocycles. The minimum atomic E-state index is -3.68. The highest BCUT2D eigenvalue weighted by Crippen LogP contribution is 2.30. The number of nitrogens with zero attached hydrogens (tertiary/aromatic N) is 1. The Morgan fingerprint density at radius 2 is 1.69 bits per heavy atom. The van der Waals surface area contributed by atoms with Crippen LogP contribution in [-0.4, -0.2) is 38.3 Å². The molecule has 3 rings (SSSR count). The van der Waals surface area contributed by atoms with E-state index in [0.717, 1.165) is 16.5 Å². The first-order valence-corrected chi connectivity index (χ1v) is 12.4. The molecular weight excluding hydrogens is 486 g/mol. The number of ether oxygens (including phenoxy) is 1. The monoisotopic (exact) mass is 511 g/mol. The van der Waals surface area contributed by atoms with Crippen molar-refractivity contribution in [1.29, 1.82) is 0 Å². The molecule has 1 amide bonds. The summed E-state index contributed by atoms with van der Waals surface area (Å²) in [7, 11) is -2.01. The van der Waals surface area contributed by atoms with Gasteiger partial charge in [-0.3, -0.25) is 20.7 Å². The lowest BCUT2D eigenvalue weighted by molar-refractivity contribution is -0.384. The minimum Gasteiger partial charge on any atom is -0.476 e. The second kappa shape index (κ2) is 11.5. The third kappa shape index (κ3) is 6.68. The summed E-state index contributed by atoms with van der Waals surface area (Å²) in [6.45, 7) is 1.72. The quantitative estimate of drug-likeness (QED) is 0.194. The van der Waals surface area contributed by atoms with E-state index >= 15 is 0 Å². The maximum Gasteiger partial charge on any atom is 0.409 e. The number of carboxylic acid groups (broad SMARTS) is 1. The molecule has 10 nitrogen and oxygen atoms in total. The van der Waals surface area contributed by atoms with Gasteiger partial charge >= 0.3 is 6.09 Å². The highest BCUT2D eigenvalue weighted by Gasteiger charge is 2.20. The molecule has 0 spiro atoms. The molecule has 3 aromatic carbocycles. The Balaban J connectivity index is 1.77. The lowest BCUT2D eigenvalue weighted by atomic mass is 10.0. The van der Waals surface area contributed by atoms with Crippen molar-refractivity contribution in [2.75, 3.05) is 19.1 Å². The molecule has 0 aliphatic heterocycles. The van der Waals surface area contributed by atoms with E-state index in [4.69, 9.17) is 9.84 Å². The van der Waals surface area contributed by atoms with Gasteiger partial charge in [0.1, 0.15) is 12.5 Å². The molecule has 0 aromatic heterocycles. The van der Waals surface area contributed by atoms with Crippen molar-refractivity contribution in [3.05, 3.63) is 93.4 Å². The summed E-state index contributed by atoms with van der Waals surface area (Å²) in [6.07, 6.45) is 0.178. The Labute approximate surface area is 208 Å². The number of hydrogen-bond donors (Lipinski definition) is 3. The zero-order chi connectivity index (χ0) is 26.3. The second-order valence-corrected chi connectivity index (χ2v) is 9.95. The van der Waals surface area contributed by atoms with E-state index in [1.807, 2.05) is 0 Å². The maximum atomic E-state index is 12.9. The molecule has 1 unspecified atom stereocenters. The van der Waals surface area contributed by atoms with Crippen molar-refractivity contribution in [2.24, 2.45) is 0 Å². The Hall–Kier alpha value is -4.22. The third-order valence-corrected chi connectivity index (χ3v) is 7.13. The van der Waals surface area contributed by atoms with Crippen LogP contribution >= 0.6 is 0 Å². The smallest absolute Gasteiger partial charge is 0.409 e. The van der Waals surface area contributed by atoms with Gasteiger partial charge in [-0.05, 0) is 66.6 Å². The van der Waals surface area contributed by atoms with Gasteiger partial charge in [0.2, 0.25) is 0 Å². The largest absolute Gasteiger partial charge is 0.476 e. The van der Waals surface area contributed by atoms with Crippen molar-refractivity contribution < 1.29 is 28.0 Å². The van der Waals surface area contributed by atoms with Crippen LogP contribution < -0.4 is 15.4 Å². The van der Waals surface area contributed by atoms with E-state index < -0.39 is 26.1 Å². The summed E-state index contributed by atoms with van der Waals surface area (Å²) in [5.74, 6) is 0.251. The fourth-order valence-electron chi connectivity index (χ4n) is 3.33. The summed E-state index contributed by atoms with van der Waals surface area (Å²) in [6, 6.07) is 17.7. The number of nitro groups is 1. The van der Waals surface area contributed by atoms with E-state index in [9.17, 15) is 23.3 Å². The van der Waals surface area contributed by atoms with E-state index in [0.29, 0.717) is 11.1 Å². The van der Waals surface area contributed by atoms with Crippen LogP contribution in [0.4, 0.5) is 16.2 Å². The maximum absolute atomic E-state index is 12.9. The van der Waals surface area contributed by atoms with Gasteiger partial charge in [-0.1, -0.05) is 30.3 Å². The van der Waals surface area contributed by atoms with Gasteiger partial charge in [0.05, 0.1) is 15.9 Å². The molecule has 0 saturated carbocycles. The molecule has 188 valence electrons. The normalized spacial score (nSPS) is 12.3. The highest BCUT2D eigenvalue weighted by atomic mass is 32.2. The van der Waals surface area contributed by atoms with Crippen LogP contribution in [0.25, 0.3) is 17.2 Å². The number of nitro benzene ring substituents is 1. The van der Waals surface area contributed by atoms with E-state index in [-0.39, 0.29) is 23.9 Å². The van der Waals surface area contributed by atoms with Crippen molar-refractivity contribution in [3.8, 4) is 16.9 Å². The molecule has 0 saturated heterocycles. The zero-order valence-corrected chi connectivity index (χ0v) is 20.4. The fourth-order valence-corrected chi connectivity index (χ4v) is 4.45. The van der Waals surface area contributed by atoms with Crippen LogP contribution in [0, 0.1) is 10.1 Å². The SMILES string of the molecule is CNCOc1cc(/C=C/S(=O)(=O)C(C)c2ccc(-c3ccc([N+](=O)[O-])cc3)cc2)ccc1NC(=O)O. The molecule has 3 N–H and O–H groups in total. The number of nitrogens with one attached hydrogen (secondary N) is 2. The van der Waals surface area contributed by atoms with Crippen molar-refractivity contribution in [2.45, 2.75) is 12.2 Å². The highest BCUT2D eigenvalue weighted by molar-refractivity contribution is 7.94. The molecular formula is C25H25N3O7S. The number of sulfone groups is 1. The van der Waals surface area contributed by atoms with Gasteiger partial charge in [-0.15, -0.1) is 0 Å². The Morgan fingerprint density at radius 1 is 1.08 bits per heavy atom. The van der Waals surface area contributed by atoms with E-state index in [1.165, 1.54) is 30.3 Å². The number of benzene rings is 3. The predicted octanol–water partition coefficient (Wildman–Crippen LogP) is 5.05. The molecule has 36 heavy (non-hydrogen) atoms. The minimum absolute atomic E-state index is 0.00428. The van der Waals surface area contributed by atoms with Crippen LogP contribution in [-0.2, 0) is 9.84 Å². The number of anilines is 1. The topological polar surface area (TPSA) is 148 Å². The van der Waals surface area contributed by atoms with Gasteiger partial charge in [0.25, 0.3) is 5.69 Å². The van der Waals surface area contributed by atoms with Crippen molar-refractivity contribution in [1.82, 2.24) is 5.32 Å². The van der Waals surface area contributed by atoms with Gasteiger partial charge in [-0.2, -0.15) is 0 Å². The summed E-state index contributed by atoms with van der Waals surface area (Å²) < 4.78 is 31.4. The number of non-ortho nitro benzene ring substituents is 1. The Kier molecular flexibility index (Phi) is 8.41. The first-order valence-electron chi connectivity index (χ1n) is 10.8. The van der Waals surface area contributed by atoms with Crippen LogP contribution in [0.2, 0.25) is 0 Å². The zero-order valence-electron chi connectivity index (χ0n) is 19.5. The predicted molar refractivity (Wildman–Crippen MR) is 138 cm³/mol. The van der Waals surface area contributed by atoms with E-state index in [2.05, 4.69) is 10.6 Å². The van der Waals surface area contributed by atoms with Gasteiger partial charge in [0.15, 0.2) is 9.84 Å². The van der Waals surface area contributed by atoms with Crippen LogP contribution in [0.5, 0.6) is 5.75 Å². The molecule has 0 fully saturated rings. The summed E-state index contributed by atoms with van der Waals surface area (Å²) in [5.41, 5.74) is 2.91. The number of rotatable bonds is 10. The molecule has 0 aliphatic rings. The lowest BCUT2D eigenvalue weighted by Gasteiger charge is -2.13. The average Bonchev–Trinajstić information content (AvgIpc) is 2.86. The second-order valence-electron chi connectivity index (χ2n) is 7.79. The van der Waals surface area contributed by atoms with Gasteiger partial charge < -0.3 is 9.84 Å². The van der Waals surface area contributed by atoms with Crippen molar-refractivity contribution in [3.63, 3.8) is 0 Å². The Morgan fingerprint density at radius 3 is 2.25 bits per heavy atom. The average molecular weight is 512 g/mol. The summed E-state index contributed by atoms with van der Waals surface area (Å²) in [5, 5.41) is 25.1. The van der Waals surface area contributed by atoms with Crippen LogP contribution in [0.1, 0.15) is 23.3 Å². The summed E-state index contributed by atoms with van der Waals surface area (Å²) >= 11 is 0.